The number of benzene rings is 2. The smallest absolute Gasteiger partial charge is 0.408 e. The second-order valence-electron chi connectivity index (χ2n) is 10.9. The number of rotatable bonds is 12. The van der Waals surface area contributed by atoms with Crippen LogP contribution >= 0.6 is 0 Å². The molecule has 1 heterocycles. The van der Waals surface area contributed by atoms with Crippen molar-refractivity contribution in [3.8, 4) is 5.75 Å². The average Bonchev–Trinajstić information content (AvgIpc) is 2.89. The van der Waals surface area contributed by atoms with Gasteiger partial charge in [-0.05, 0) is 83.1 Å². The number of carbonyl (C=O) groups excluding carboxylic acids is 2. The Morgan fingerprint density at radius 3 is 2.35 bits per heavy atom. The van der Waals surface area contributed by atoms with Crippen molar-refractivity contribution in [2.24, 2.45) is 0 Å². The number of nitrogens with one attached hydrogen (secondary N) is 3. The predicted molar refractivity (Wildman–Crippen MR) is 154 cm³/mol. The van der Waals surface area contributed by atoms with Gasteiger partial charge in [0, 0.05) is 18.7 Å². The normalized spacial score (nSPS) is 12.0. The zero-order valence-corrected chi connectivity index (χ0v) is 23.8. The van der Waals surface area contributed by atoms with E-state index in [2.05, 4.69) is 32.7 Å². The highest BCUT2D eigenvalue weighted by Crippen LogP contribution is 2.13. The average molecular weight is 549 g/mol. The number of nitrogens with zero attached hydrogens (tertiary/aromatic N) is 1. The van der Waals surface area contributed by atoms with Gasteiger partial charge in [0.25, 0.3) is 5.56 Å². The van der Waals surface area contributed by atoms with Gasteiger partial charge in [0.1, 0.15) is 23.1 Å². The van der Waals surface area contributed by atoms with Crippen LogP contribution in [0.2, 0.25) is 0 Å². The number of aromatic amines is 1. The third kappa shape index (κ3) is 10.2. The van der Waals surface area contributed by atoms with Crippen LogP contribution in [0.15, 0.2) is 59.4 Å². The molecule has 0 saturated heterocycles. The van der Waals surface area contributed by atoms with Crippen molar-refractivity contribution < 1.29 is 19.4 Å². The molecule has 0 saturated carbocycles. The monoisotopic (exact) mass is 548 g/mol. The molecular weight excluding hydrogens is 508 g/mol. The van der Waals surface area contributed by atoms with Crippen molar-refractivity contribution in [3.63, 3.8) is 0 Å². The largest absolute Gasteiger partial charge is 0.508 e. The Hall–Kier alpha value is -4.14. The van der Waals surface area contributed by atoms with Gasteiger partial charge in [-0.25, -0.2) is 4.79 Å². The van der Waals surface area contributed by atoms with Gasteiger partial charge in [-0.2, -0.15) is 0 Å². The molecule has 0 aliphatic carbocycles. The van der Waals surface area contributed by atoms with Gasteiger partial charge in [0.15, 0.2) is 0 Å². The number of aromatic nitrogens is 2. The van der Waals surface area contributed by atoms with E-state index in [9.17, 15) is 19.5 Å². The van der Waals surface area contributed by atoms with Crippen molar-refractivity contribution >= 4 is 12.0 Å². The Morgan fingerprint density at radius 1 is 0.975 bits per heavy atom. The molecule has 2 aromatic carbocycles. The molecule has 9 heteroatoms. The van der Waals surface area contributed by atoms with E-state index in [0.717, 1.165) is 23.4 Å². The summed E-state index contributed by atoms with van der Waals surface area (Å²) in [6.07, 6.45) is 2.90. The first-order valence-electron chi connectivity index (χ1n) is 13.7. The van der Waals surface area contributed by atoms with Gasteiger partial charge in [-0.15, -0.1) is 0 Å². The molecule has 3 rings (SSSR count). The second-order valence-corrected chi connectivity index (χ2v) is 10.9. The highest BCUT2D eigenvalue weighted by molar-refractivity contribution is 5.86. The van der Waals surface area contributed by atoms with E-state index in [-0.39, 0.29) is 23.6 Å². The second kappa shape index (κ2) is 14.3. The fourth-order valence-electron chi connectivity index (χ4n) is 4.23. The topological polar surface area (TPSA) is 133 Å². The summed E-state index contributed by atoms with van der Waals surface area (Å²) in [5.74, 6) is -0.219. The summed E-state index contributed by atoms with van der Waals surface area (Å²) in [5, 5.41) is 15.1. The molecule has 9 nitrogen and oxygen atoms in total. The Labute approximate surface area is 235 Å². The lowest BCUT2D eigenvalue weighted by Crippen LogP contribution is -2.49. The Bertz CT molecular complexity index is 1310. The molecular formula is C31H40N4O5. The number of phenolic OH excluding ortho intramolecular Hbond substituents is 1. The van der Waals surface area contributed by atoms with Gasteiger partial charge in [0.2, 0.25) is 5.91 Å². The zero-order valence-electron chi connectivity index (χ0n) is 23.8. The molecule has 0 radical (unpaired) electrons. The van der Waals surface area contributed by atoms with E-state index in [1.54, 1.807) is 32.9 Å². The maximum absolute atomic E-state index is 13.0. The highest BCUT2D eigenvalue weighted by Gasteiger charge is 2.24. The first-order valence-corrected chi connectivity index (χ1v) is 13.7. The van der Waals surface area contributed by atoms with Gasteiger partial charge < -0.3 is 25.5 Å². The molecule has 0 bridgehead atoms. The molecule has 214 valence electrons. The number of unbranched alkanes of at least 4 members (excludes halogenated alkanes) is 1. The van der Waals surface area contributed by atoms with Crippen LogP contribution in [0.4, 0.5) is 4.79 Å². The number of hydrogen-bond acceptors (Lipinski definition) is 6. The quantitative estimate of drug-likeness (QED) is 0.251. The maximum Gasteiger partial charge on any atom is 0.408 e. The number of phenols is 1. The first-order chi connectivity index (χ1) is 19.0. The number of aromatic hydroxyl groups is 1. The van der Waals surface area contributed by atoms with Gasteiger partial charge in [-0.3, -0.25) is 14.6 Å². The van der Waals surface area contributed by atoms with Crippen LogP contribution in [0.3, 0.4) is 0 Å². The first kappa shape index (κ1) is 30.4. The molecule has 4 N–H and O–H groups in total. The lowest BCUT2D eigenvalue weighted by molar-refractivity contribution is -0.123. The minimum Gasteiger partial charge on any atom is -0.508 e. The lowest BCUT2D eigenvalue weighted by atomic mass is 10.0. The van der Waals surface area contributed by atoms with E-state index in [4.69, 9.17) is 4.74 Å². The molecule has 0 aliphatic heterocycles. The molecule has 0 unspecified atom stereocenters. The van der Waals surface area contributed by atoms with Crippen molar-refractivity contribution in [2.45, 2.75) is 77.9 Å². The van der Waals surface area contributed by atoms with E-state index in [1.165, 1.54) is 17.7 Å². The molecule has 1 aromatic heterocycles. The number of ether oxygens (including phenoxy) is 1. The number of carbonyl (C=O) groups is 2. The molecule has 0 aliphatic rings. The van der Waals surface area contributed by atoms with Crippen LogP contribution in [-0.4, -0.2) is 45.3 Å². The predicted octanol–water partition coefficient (Wildman–Crippen LogP) is 4.14. The van der Waals surface area contributed by atoms with Crippen LogP contribution in [0.1, 0.15) is 61.8 Å². The lowest BCUT2D eigenvalue weighted by Gasteiger charge is -2.23. The van der Waals surface area contributed by atoms with E-state index in [0.29, 0.717) is 37.9 Å². The van der Waals surface area contributed by atoms with Crippen molar-refractivity contribution in [3.05, 3.63) is 93.2 Å². The SMILES string of the molecule is Cc1nc(CCCCNC(=O)[C@H](Cc2ccc(O)cc2)NC(=O)OC(C)(C)C)c(=O)[nH]c1CCc1ccccc1. The maximum atomic E-state index is 13.0. The number of aryl methyl sites for hydroxylation is 4. The third-order valence-corrected chi connectivity index (χ3v) is 6.30. The standard InChI is InChI=1S/C31H40N4O5/c1-21-25(18-15-22-10-6-5-7-11-22)34-29(38)26(33-21)12-8-9-19-32-28(37)27(35-30(39)40-31(2,3)4)20-23-13-16-24(36)17-14-23/h5-7,10-11,13-14,16-17,27,36H,8-9,12,15,18-20H2,1-4H3,(H,32,37)(H,34,38)(H,35,39)/t27-/m0/s1. The van der Waals surface area contributed by atoms with Crippen LogP contribution in [0.25, 0.3) is 0 Å². The molecule has 3 aromatic rings. The Kier molecular flexibility index (Phi) is 10.9. The van der Waals surface area contributed by atoms with Crippen molar-refractivity contribution in [2.75, 3.05) is 6.54 Å². The van der Waals surface area contributed by atoms with Gasteiger partial charge in [-0.1, -0.05) is 42.5 Å². The number of alkyl carbamates (subject to hydrolysis) is 1. The summed E-state index contributed by atoms with van der Waals surface area (Å²) < 4.78 is 5.32. The summed E-state index contributed by atoms with van der Waals surface area (Å²) >= 11 is 0. The van der Waals surface area contributed by atoms with E-state index >= 15 is 0 Å². The summed E-state index contributed by atoms with van der Waals surface area (Å²) in [6, 6.07) is 15.7. The van der Waals surface area contributed by atoms with Crippen LogP contribution in [-0.2, 0) is 35.2 Å². The molecule has 2 amide bonds. The Balaban J connectivity index is 1.50. The fourth-order valence-corrected chi connectivity index (χ4v) is 4.23. The molecule has 40 heavy (non-hydrogen) atoms. The molecule has 1 atom stereocenters. The molecule has 0 spiro atoms. The summed E-state index contributed by atoms with van der Waals surface area (Å²) in [7, 11) is 0. The minimum atomic E-state index is -0.852. The Morgan fingerprint density at radius 2 is 1.68 bits per heavy atom. The third-order valence-electron chi connectivity index (χ3n) is 6.30. The van der Waals surface area contributed by atoms with Crippen molar-refractivity contribution in [1.82, 2.24) is 20.6 Å². The zero-order chi connectivity index (χ0) is 29.1. The number of H-pyrrole nitrogens is 1. The van der Waals surface area contributed by atoms with Crippen LogP contribution in [0, 0.1) is 6.92 Å². The molecule has 0 fully saturated rings. The summed E-state index contributed by atoms with van der Waals surface area (Å²) in [5.41, 5.74) is 3.28. The van der Waals surface area contributed by atoms with Crippen LogP contribution in [0.5, 0.6) is 5.75 Å². The number of amides is 2. The van der Waals surface area contributed by atoms with E-state index < -0.39 is 17.7 Å². The van der Waals surface area contributed by atoms with Crippen LogP contribution < -0.4 is 16.2 Å². The van der Waals surface area contributed by atoms with Gasteiger partial charge >= 0.3 is 6.09 Å². The summed E-state index contributed by atoms with van der Waals surface area (Å²) in [6.45, 7) is 7.54. The fraction of sp³-hybridized carbons (Fsp3) is 0.419. The number of hydrogen-bond donors (Lipinski definition) is 4. The minimum absolute atomic E-state index is 0.121. The highest BCUT2D eigenvalue weighted by atomic mass is 16.6. The summed E-state index contributed by atoms with van der Waals surface area (Å²) in [4.78, 5) is 45.5. The van der Waals surface area contributed by atoms with E-state index in [1.807, 2.05) is 25.1 Å². The van der Waals surface area contributed by atoms with Gasteiger partial charge in [0.05, 0.1) is 5.69 Å². The van der Waals surface area contributed by atoms with Crippen molar-refractivity contribution in [1.29, 1.82) is 0 Å².